The van der Waals surface area contributed by atoms with E-state index < -0.39 is 6.17 Å². The highest BCUT2D eigenvalue weighted by molar-refractivity contribution is 5.52. The minimum atomic E-state index is -0.648. The van der Waals surface area contributed by atoms with E-state index >= 15 is 0 Å². The summed E-state index contributed by atoms with van der Waals surface area (Å²) in [5.74, 6) is 1.98. The van der Waals surface area contributed by atoms with Gasteiger partial charge in [-0.25, -0.2) is 4.39 Å². The van der Waals surface area contributed by atoms with E-state index in [4.69, 9.17) is 14.7 Å². The summed E-state index contributed by atoms with van der Waals surface area (Å²) in [5, 5.41) is 0. The molecule has 1 aromatic heterocycles. The summed E-state index contributed by atoms with van der Waals surface area (Å²) in [6, 6.07) is 0.579. The Morgan fingerprint density at radius 1 is 1.10 bits per heavy atom. The summed E-state index contributed by atoms with van der Waals surface area (Å²) in [5.41, 5.74) is 3.23. The Balaban J connectivity index is 1.20. The van der Waals surface area contributed by atoms with Crippen molar-refractivity contribution in [3.63, 3.8) is 0 Å². The number of aryl methyl sites for hydroxylation is 1. The van der Waals surface area contributed by atoms with Crippen LogP contribution in [0.5, 0.6) is 6.01 Å². The quantitative estimate of drug-likeness (QED) is 0.680. The van der Waals surface area contributed by atoms with Gasteiger partial charge in [-0.1, -0.05) is 6.92 Å². The second-order valence-corrected chi connectivity index (χ2v) is 11.7. The van der Waals surface area contributed by atoms with E-state index in [0.717, 1.165) is 44.9 Å². The number of anilines is 1. The topological polar surface area (TPSA) is 41.5 Å². The van der Waals surface area contributed by atoms with Gasteiger partial charge in [-0.2, -0.15) is 9.97 Å². The molecule has 5 aliphatic rings. The number of piperidine rings is 1. The molecule has 2 aliphatic heterocycles. The molecule has 2 bridgehead atoms. The van der Waals surface area contributed by atoms with Crippen molar-refractivity contribution in [3.05, 3.63) is 11.3 Å². The third-order valence-electron chi connectivity index (χ3n) is 8.67. The van der Waals surface area contributed by atoms with Crippen molar-refractivity contribution in [2.24, 2.45) is 16.7 Å². The second-order valence-electron chi connectivity index (χ2n) is 11.7. The molecule has 0 aromatic carbocycles. The molecule has 0 N–H and O–H groups in total. The number of fused-ring (bicyclic) bond motifs is 3. The van der Waals surface area contributed by atoms with Crippen molar-refractivity contribution in [3.8, 4) is 6.01 Å². The van der Waals surface area contributed by atoms with Crippen LogP contribution in [0.1, 0.15) is 69.5 Å². The zero-order chi connectivity index (χ0) is 21.1. The fourth-order valence-corrected chi connectivity index (χ4v) is 6.78. The van der Waals surface area contributed by atoms with Crippen molar-refractivity contribution < 1.29 is 9.13 Å². The Kier molecular flexibility index (Phi) is 4.93. The minimum Gasteiger partial charge on any atom is -0.463 e. The van der Waals surface area contributed by atoms with Crippen LogP contribution in [0.4, 0.5) is 10.2 Å². The predicted octanol–water partition coefficient (Wildman–Crippen LogP) is 4.18. The van der Waals surface area contributed by atoms with Crippen LogP contribution in [-0.2, 0) is 12.8 Å². The molecular formula is C25H37FN4O. The molecule has 3 atom stereocenters. The third-order valence-corrected chi connectivity index (χ3v) is 8.67. The molecule has 170 valence electrons. The number of rotatable bonds is 6. The highest BCUT2D eigenvalue weighted by Crippen LogP contribution is 2.49. The fraction of sp³-hybridized carbons (Fsp3) is 0.840. The van der Waals surface area contributed by atoms with Gasteiger partial charge in [-0.05, 0) is 75.5 Å². The van der Waals surface area contributed by atoms with Crippen LogP contribution in [0.25, 0.3) is 0 Å². The average molecular weight is 429 g/mol. The molecule has 6 rings (SSSR count). The molecule has 0 radical (unpaired) electrons. The van der Waals surface area contributed by atoms with E-state index in [9.17, 15) is 4.39 Å². The van der Waals surface area contributed by atoms with Crippen molar-refractivity contribution in [2.45, 2.75) is 77.3 Å². The number of halogens is 1. The lowest BCUT2D eigenvalue weighted by Gasteiger charge is -2.40. The lowest BCUT2D eigenvalue weighted by atomic mass is 9.84. The Labute approximate surface area is 185 Å². The molecule has 6 heteroatoms. The summed E-state index contributed by atoms with van der Waals surface area (Å²) in [6.07, 6.45) is 11.1. The largest absolute Gasteiger partial charge is 0.463 e. The first-order valence-electron chi connectivity index (χ1n) is 12.6. The van der Waals surface area contributed by atoms with Crippen molar-refractivity contribution >= 4 is 5.82 Å². The first-order chi connectivity index (χ1) is 15.0. The van der Waals surface area contributed by atoms with Gasteiger partial charge in [0.2, 0.25) is 0 Å². The van der Waals surface area contributed by atoms with Crippen LogP contribution in [0, 0.1) is 16.7 Å². The van der Waals surface area contributed by atoms with Gasteiger partial charge in [0.05, 0.1) is 12.3 Å². The molecule has 4 fully saturated rings. The molecule has 31 heavy (non-hydrogen) atoms. The van der Waals surface area contributed by atoms with Crippen LogP contribution >= 0.6 is 0 Å². The molecule has 0 spiro atoms. The SMILES string of the molecule is C[C@@]12CC[C@H](CN(c3nc(OCC4(CN5CC[C@@H](F)C5)CC4)nc4c3CCCC4)C1)C2. The van der Waals surface area contributed by atoms with Crippen LogP contribution in [0.15, 0.2) is 0 Å². The maximum Gasteiger partial charge on any atom is 0.318 e. The highest BCUT2D eigenvalue weighted by Gasteiger charge is 2.46. The average Bonchev–Trinajstić information content (AvgIpc) is 3.31. The zero-order valence-electron chi connectivity index (χ0n) is 19.0. The first-order valence-corrected chi connectivity index (χ1v) is 12.6. The van der Waals surface area contributed by atoms with Crippen LogP contribution in [-0.4, -0.2) is 60.4 Å². The molecule has 3 heterocycles. The van der Waals surface area contributed by atoms with Crippen LogP contribution < -0.4 is 9.64 Å². The number of alkyl halides is 1. The lowest BCUT2D eigenvalue weighted by Crippen LogP contribution is -2.42. The summed E-state index contributed by atoms with van der Waals surface area (Å²) >= 11 is 0. The number of nitrogens with zero attached hydrogens (tertiary/aromatic N) is 4. The van der Waals surface area contributed by atoms with Crippen LogP contribution in [0.2, 0.25) is 0 Å². The van der Waals surface area contributed by atoms with Crippen molar-refractivity contribution in [1.82, 2.24) is 14.9 Å². The summed E-state index contributed by atoms with van der Waals surface area (Å²) < 4.78 is 19.9. The van der Waals surface area contributed by atoms with Gasteiger partial charge >= 0.3 is 6.01 Å². The Hall–Kier alpha value is -1.43. The molecule has 1 aromatic rings. The lowest BCUT2D eigenvalue weighted by molar-refractivity contribution is 0.164. The fourth-order valence-electron chi connectivity index (χ4n) is 6.78. The van der Waals surface area contributed by atoms with Crippen LogP contribution in [0.3, 0.4) is 0 Å². The van der Waals surface area contributed by atoms with E-state index in [-0.39, 0.29) is 5.41 Å². The van der Waals surface area contributed by atoms with E-state index in [1.807, 2.05) is 0 Å². The standard InChI is InChI=1S/C25H37FN4O/c1-24-8-6-18(12-24)13-30(15-24)22-20-4-2-3-5-21(20)27-23(28-22)31-17-25(9-10-25)16-29-11-7-19(26)14-29/h18-19H,2-17H2,1H3/t18-,19+,24-/m0/s1. The number of hydrogen-bond donors (Lipinski definition) is 0. The zero-order valence-corrected chi connectivity index (χ0v) is 19.0. The highest BCUT2D eigenvalue weighted by atomic mass is 19.1. The number of aromatic nitrogens is 2. The van der Waals surface area contributed by atoms with E-state index in [1.54, 1.807) is 0 Å². The van der Waals surface area contributed by atoms with Gasteiger partial charge in [0.15, 0.2) is 0 Å². The molecule has 5 nitrogen and oxygen atoms in total. The van der Waals surface area contributed by atoms with Gasteiger partial charge in [-0.3, -0.25) is 4.90 Å². The van der Waals surface area contributed by atoms with Crippen molar-refractivity contribution in [2.75, 3.05) is 44.2 Å². The molecule has 2 saturated heterocycles. The summed E-state index contributed by atoms with van der Waals surface area (Å²) in [6.45, 7) is 7.82. The van der Waals surface area contributed by atoms with Crippen molar-refractivity contribution in [1.29, 1.82) is 0 Å². The monoisotopic (exact) mass is 428 g/mol. The van der Waals surface area contributed by atoms with Gasteiger partial charge in [-0.15, -0.1) is 0 Å². The Morgan fingerprint density at radius 3 is 2.74 bits per heavy atom. The van der Waals surface area contributed by atoms with E-state index in [0.29, 0.717) is 31.0 Å². The smallest absolute Gasteiger partial charge is 0.318 e. The summed E-state index contributed by atoms with van der Waals surface area (Å²) in [7, 11) is 0. The molecular weight excluding hydrogens is 391 g/mol. The van der Waals surface area contributed by atoms with E-state index in [1.165, 1.54) is 62.0 Å². The molecule has 3 aliphatic carbocycles. The number of hydrogen-bond acceptors (Lipinski definition) is 5. The maximum absolute atomic E-state index is 13.6. The minimum absolute atomic E-state index is 0.182. The molecule has 2 saturated carbocycles. The predicted molar refractivity (Wildman–Crippen MR) is 119 cm³/mol. The molecule has 0 unspecified atom stereocenters. The van der Waals surface area contributed by atoms with E-state index in [2.05, 4.69) is 16.7 Å². The Bertz CT molecular complexity index is 843. The number of ether oxygens (including phenoxy) is 1. The Morgan fingerprint density at radius 2 is 1.97 bits per heavy atom. The van der Waals surface area contributed by atoms with Gasteiger partial charge in [0.25, 0.3) is 0 Å². The normalized spacial score (nSPS) is 34.1. The van der Waals surface area contributed by atoms with Gasteiger partial charge in [0, 0.05) is 43.7 Å². The second kappa shape index (κ2) is 7.57. The van der Waals surface area contributed by atoms with Gasteiger partial charge < -0.3 is 9.64 Å². The number of likely N-dealkylation sites (tertiary alicyclic amines) is 1. The maximum atomic E-state index is 13.6. The molecule has 0 amide bonds. The first kappa shape index (κ1) is 20.2. The summed E-state index contributed by atoms with van der Waals surface area (Å²) in [4.78, 5) is 14.8. The van der Waals surface area contributed by atoms with Gasteiger partial charge in [0.1, 0.15) is 12.0 Å². The third kappa shape index (κ3) is 4.05.